The van der Waals surface area contributed by atoms with Crippen LogP contribution in [0.3, 0.4) is 0 Å². The highest BCUT2D eigenvalue weighted by Gasteiger charge is 2.26. The van der Waals surface area contributed by atoms with Crippen LogP contribution in [-0.4, -0.2) is 29.8 Å². The lowest BCUT2D eigenvalue weighted by Gasteiger charge is -2.15. The van der Waals surface area contributed by atoms with E-state index in [4.69, 9.17) is 0 Å². The van der Waals surface area contributed by atoms with Gasteiger partial charge in [-0.05, 0) is 41.1 Å². The topological polar surface area (TPSA) is 76.1 Å². The first-order valence-electron chi connectivity index (χ1n) is 7.50. The molecule has 25 heavy (non-hydrogen) atoms. The monoisotopic (exact) mass is 412 g/mol. The third-order valence-corrected chi connectivity index (χ3v) is 4.72. The summed E-state index contributed by atoms with van der Waals surface area (Å²) in [6.07, 6.45) is 1.04. The van der Waals surface area contributed by atoms with Crippen molar-refractivity contribution in [2.75, 3.05) is 0 Å². The van der Waals surface area contributed by atoms with Crippen molar-refractivity contribution < 1.29 is 19.0 Å². The Balaban J connectivity index is 2.13. The van der Waals surface area contributed by atoms with Crippen LogP contribution in [0.1, 0.15) is 29.8 Å². The SMILES string of the molecule is CCn1ncc(C(O)c2c(F)cnn2-c2ccc(F)cc2CO)c1Br. The Hall–Kier alpha value is -2.10. The molecule has 0 saturated heterocycles. The summed E-state index contributed by atoms with van der Waals surface area (Å²) >= 11 is 3.34. The zero-order valence-electron chi connectivity index (χ0n) is 13.2. The van der Waals surface area contributed by atoms with E-state index in [0.717, 1.165) is 16.9 Å². The number of rotatable bonds is 5. The van der Waals surface area contributed by atoms with E-state index in [2.05, 4.69) is 26.1 Å². The van der Waals surface area contributed by atoms with Crippen molar-refractivity contribution in [3.8, 4) is 5.69 Å². The van der Waals surface area contributed by atoms with E-state index >= 15 is 0 Å². The number of benzene rings is 1. The summed E-state index contributed by atoms with van der Waals surface area (Å²) in [4.78, 5) is 0. The van der Waals surface area contributed by atoms with E-state index in [1.807, 2.05) is 6.92 Å². The van der Waals surface area contributed by atoms with Gasteiger partial charge in [0.1, 0.15) is 22.2 Å². The van der Waals surface area contributed by atoms with E-state index in [1.54, 1.807) is 4.68 Å². The molecule has 1 atom stereocenters. The number of aliphatic hydroxyl groups is 2. The van der Waals surface area contributed by atoms with Gasteiger partial charge in [-0.1, -0.05) is 0 Å². The predicted octanol–water partition coefficient (Wildman–Crippen LogP) is 2.70. The minimum Gasteiger partial charge on any atom is -0.392 e. The zero-order valence-corrected chi connectivity index (χ0v) is 14.8. The van der Waals surface area contributed by atoms with Crippen LogP contribution in [0.25, 0.3) is 5.69 Å². The van der Waals surface area contributed by atoms with Crippen LogP contribution in [0.2, 0.25) is 0 Å². The number of aliphatic hydroxyl groups excluding tert-OH is 2. The molecule has 0 spiro atoms. The molecule has 0 radical (unpaired) electrons. The van der Waals surface area contributed by atoms with E-state index in [0.29, 0.717) is 16.7 Å². The molecule has 132 valence electrons. The summed E-state index contributed by atoms with van der Waals surface area (Å²) in [5.41, 5.74) is 0.744. The second-order valence-corrected chi connectivity index (χ2v) is 6.08. The molecule has 0 saturated carbocycles. The highest BCUT2D eigenvalue weighted by atomic mass is 79.9. The maximum Gasteiger partial charge on any atom is 0.167 e. The Bertz CT molecular complexity index is 910. The standard InChI is InChI=1S/C16H15BrF2N4O2/c1-2-22-16(17)11(6-20-22)15(25)14-12(19)7-21-23(14)13-4-3-10(18)5-9(13)8-24/h3-7,15,24-25H,2,8H2,1H3. The molecule has 0 aliphatic heterocycles. The number of hydrogen-bond donors (Lipinski definition) is 2. The van der Waals surface area contributed by atoms with Gasteiger partial charge in [-0.2, -0.15) is 10.2 Å². The normalized spacial score (nSPS) is 12.6. The summed E-state index contributed by atoms with van der Waals surface area (Å²) in [6.45, 7) is 1.99. The predicted molar refractivity (Wildman–Crippen MR) is 89.1 cm³/mol. The molecule has 2 N–H and O–H groups in total. The van der Waals surface area contributed by atoms with Gasteiger partial charge < -0.3 is 10.2 Å². The molecule has 3 aromatic rings. The lowest BCUT2D eigenvalue weighted by molar-refractivity contribution is 0.205. The van der Waals surface area contributed by atoms with Crippen LogP contribution in [0, 0.1) is 11.6 Å². The molecule has 2 aromatic heterocycles. The Morgan fingerprint density at radius 3 is 2.64 bits per heavy atom. The average Bonchev–Trinajstić information content (AvgIpc) is 3.16. The Labute approximate surface area is 150 Å². The number of hydrogen-bond acceptors (Lipinski definition) is 4. The van der Waals surface area contributed by atoms with Crippen LogP contribution in [0.5, 0.6) is 0 Å². The highest BCUT2D eigenvalue weighted by Crippen LogP contribution is 2.32. The smallest absolute Gasteiger partial charge is 0.167 e. The lowest BCUT2D eigenvalue weighted by atomic mass is 10.1. The Kier molecular flexibility index (Phi) is 4.98. The first-order valence-corrected chi connectivity index (χ1v) is 8.29. The van der Waals surface area contributed by atoms with Crippen molar-refractivity contribution in [2.24, 2.45) is 0 Å². The van der Waals surface area contributed by atoms with Gasteiger partial charge in [-0.25, -0.2) is 13.5 Å². The molecular formula is C16H15BrF2N4O2. The van der Waals surface area contributed by atoms with Gasteiger partial charge in [0.15, 0.2) is 5.82 Å². The van der Waals surface area contributed by atoms with Crippen molar-refractivity contribution in [3.05, 3.63) is 63.7 Å². The van der Waals surface area contributed by atoms with E-state index in [9.17, 15) is 19.0 Å². The van der Waals surface area contributed by atoms with Gasteiger partial charge in [0.25, 0.3) is 0 Å². The molecular weight excluding hydrogens is 398 g/mol. The van der Waals surface area contributed by atoms with Crippen molar-refractivity contribution in [1.82, 2.24) is 19.6 Å². The number of nitrogens with zero attached hydrogens (tertiary/aromatic N) is 4. The maximum atomic E-state index is 14.3. The molecule has 0 amide bonds. The van der Waals surface area contributed by atoms with Gasteiger partial charge >= 0.3 is 0 Å². The van der Waals surface area contributed by atoms with Crippen molar-refractivity contribution in [3.63, 3.8) is 0 Å². The van der Waals surface area contributed by atoms with Gasteiger partial charge in [-0.3, -0.25) is 4.68 Å². The maximum absolute atomic E-state index is 14.3. The number of aryl methyl sites for hydroxylation is 1. The van der Waals surface area contributed by atoms with Crippen LogP contribution in [0.4, 0.5) is 8.78 Å². The average molecular weight is 413 g/mol. The van der Waals surface area contributed by atoms with Gasteiger partial charge in [0, 0.05) is 17.7 Å². The molecule has 9 heteroatoms. The Morgan fingerprint density at radius 2 is 2.00 bits per heavy atom. The molecule has 2 heterocycles. The first-order chi connectivity index (χ1) is 12.0. The van der Waals surface area contributed by atoms with Gasteiger partial charge in [0.05, 0.1) is 24.7 Å². The quantitative estimate of drug-likeness (QED) is 0.675. The minimum atomic E-state index is -1.35. The molecule has 0 bridgehead atoms. The van der Waals surface area contributed by atoms with E-state index < -0.39 is 24.3 Å². The summed E-state index contributed by atoms with van der Waals surface area (Å²) < 4.78 is 31.0. The van der Waals surface area contributed by atoms with Crippen LogP contribution in [-0.2, 0) is 13.2 Å². The molecule has 1 unspecified atom stereocenters. The highest BCUT2D eigenvalue weighted by molar-refractivity contribution is 9.10. The largest absolute Gasteiger partial charge is 0.392 e. The van der Waals surface area contributed by atoms with Crippen molar-refractivity contribution >= 4 is 15.9 Å². The molecule has 0 aliphatic rings. The van der Waals surface area contributed by atoms with Gasteiger partial charge in [0.2, 0.25) is 0 Å². The minimum absolute atomic E-state index is 0.127. The van der Waals surface area contributed by atoms with Crippen LogP contribution >= 0.6 is 15.9 Å². The van der Waals surface area contributed by atoms with Crippen LogP contribution < -0.4 is 0 Å². The fourth-order valence-electron chi connectivity index (χ4n) is 2.60. The lowest BCUT2D eigenvalue weighted by Crippen LogP contribution is -2.12. The van der Waals surface area contributed by atoms with E-state index in [1.165, 1.54) is 18.3 Å². The second-order valence-electron chi connectivity index (χ2n) is 5.33. The molecule has 0 aliphatic carbocycles. The summed E-state index contributed by atoms with van der Waals surface area (Å²) in [5, 5.41) is 28.2. The Morgan fingerprint density at radius 1 is 1.24 bits per heavy atom. The fraction of sp³-hybridized carbons (Fsp3) is 0.250. The molecule has 0 fully saturated rings. The zero-order chi connectivity index (χ0) is 18.1. The third kappa shape index (κ3) is 3.10. The summed E-state index contributed by atoms with van der Waals surface area (Å²) in [7, 11) is 0. The second kappa shape index (κ2) is 7.03. The van der Waals surface area contributed by atoms with Crippen molar-refractivity contribution in [1.29, 1.82) is 0 Å². The number of aromatic nitrogens is 4. The molecule has 3 rings (SSSR count). The first kappa shape index (κ1) is 17.7. The molecule has 1 aromatic carbocycles. The molecule has 6 nitrogen and oxygen atoms in total. The summed E-state index contributed by atoms with van der Waals surface area (Å²) in [6, 6.07) is 3.68. The number of halogens is 3. The van der Waals surface area contributed by atoms with Gasteiger partial charge in [-0.15, -0.1) is 0 Å². The summed E-state index contributed by atoms with van der Waals surface area (Å²) in [5.74, 6) is -1.26. The third-order valence-electron chi connectivity index (χ3n) is 3.85. The van der Waals surface area contributed by atoms with Crippen LogP contribution in [0.15, 0.2) is 35.2 Å². The fourth-order valence-corrected chi connectivity index (χ4v) is 3.26. The van der Waals surface area contributed by atoms with E-state index in [-0.39, 0.29) is 16.9 Å². The van der Waals surface area contributed by atoms with Crippen molar-refractivity contribution in [2.45, 2.75) is 26.2 Å².